The number of carbonyl (C=O) groups is 1. The molecule has 5 nitrogen and oxygen atoms in total. The normalized spacial score (nSPS) is 11.0. The Labute approximate surface area is 193 Å². The van der Waals surface area contributed by atoms with Crippen LogP contribution >= 0.6 is 27.5 Å². The van der Waals surface area contributed by atoms with Crippen LogP contribution in [0.4, 0.5) is 5.69 Å². The first-order chi connectivity index (χ1) is 14.9. The maximum atomic E-state index is 12.4. The molecule has 31 heavy (non-hydrogen) atoms. The zero-order chi connectivity index (χ0) is 22.0. The van der Waals surface area contributed by atoms with Gasteiger partial charge in [0.25, 0.3) is 5.91 Å². The molecule has 0 spiro atoms. The molecule has 1 N–H and O–H groups in total. The molecule has 0 aliphatic rings. The van der Waals surface area contributed by atoms with E-state index in [9.17, 15) is 4.79 Å². The molecule has 0 fully saturated rings. The van der Waals surface area contributed by atoms with Crippen molar-refractivity contribution >= 4 is 50.2 Å². The maximum Gasteiger partial charge on any atom is 0.262 e. The number of oxazole rings is 1. The molecule has 4 aromatic rings. The van der Waals surface area contributed by atoms with E-state index in [1.807, 2.05) is 50.2 Å². The highest BCUT2D eigenvalue weighted by Gasteiger charge is 2.12. The summed E-state index contributed by atoms with van der Waals surface area (Å²) in [5, 5.41) is 3.53. The summed E-state index contributed by atoms with van der Waals surface area (Å²) >= 11 is 9.42. The van der Waals surface area contributed by atoms with E-state index in [1.165, 1.54) is 0 Å². The van der Waals surface area contributed by atoms with Gasteiger partial charge < -0.3 is 14.5 Å². The lowest BCUT2D eigenvalue weighted by molar-refractivity contribution is -0.118. The van der Waals surface area contributed by atoms with Crippen LogP contribution < -0.4 is 10.1 Å². The highest BCUT2D eigenvalue weighted by Crippen LogP contribution is 2.30. The molecule has 1 heterocycles. The van der Waals surface area contributed by atoms with E-state index < -0.39 is 0 Å². The van der Waals surface area contributed by atoms with Gasteiger partial charge in [0.15, 0.2) is 18.1 Å². The third-order valence-corrected chi connectivity index (χ3v) is 5.55. The molecule has 0 radical (unpaired) electrons. The second kappa shape index (κ2) is 9.12. The smallest absolute Gasteiger partial charge is 0.262 e. The number of hydrogen-bond acceptors (Lipinski definition) is 4. The fourth-order valence-electron chi connectivity index (χ4n) is 3.33. The number of carbonyl (C=O) groups excluding carboxylic acids is 1. The predicted octanol–water partition coefficient (Wildman–Crippen LogP) is 6.47. The Bertz CT molecular complexity index is 1230. The molecule has 0 aliphatic carbocycles. The zero-order valence-electron chi connectivity index (χ0n) is 17.0. The predicted molar refractivity (Wildman–Crippen MR) is 126 cm³/mol. The molecule has 158 valence electrons. The average Bonchev–Trinajstić information content (AvgIpc) is 3.10. The minimum Gasteiger partial charge on any atom is -0.482 e. The SMILES string of the molecule is Cc1cc(C)c(OCC(=O)Nc2ccc3oc(Cc4ccc(Cl)cc4)nc3c2)c(Br)c1. The number of nitrogens with one attached hydrogen (secondary N) is 1. The van der Waals surface area contributed by atoms with Crippen molar-refractivity contribution in [1.29, 1.82) is 0 Å². The molecular weight excluding hydrogens is 480 g/mol. The molecule has 1 amide bonds. The van der Waals surface area contributed by atoms with E-state index in [0.717, 1.165) is 21.2 Å². The number of aromatic nitrogens is 1. The molecule has 0 saturated carbocycles. The van der Waals surface area contributed by atoms with Crippen molar-refractivity contribution in [1.82, 2.24) is 4.98 Å². The fourth-order valence-corrected chi connectivity index (χ4v) is 4.24. The van der Waals surface area contributed by atoms with E-state index in [0.29, 0.717) is 39.9 Å². The van der Waals surface area contributed by atoms with Crippen LogP contribution in [0.5, 0.6) is 5.75 Å². The van der Waals surface area contributed by atoms with Crippen LogP contribution in [0, 0.1) is 13.8 Å². The number of amides is 1. The van der Waals surface area contributed by atoms with Crippen molar-refractivity contribution in [3.63, 3.8) is 0 Å². The Balaban J connectivity index is 1.41. The molecule has 3 aromatic carbocycles. The van der Waals surface area contributed by atoms with E-state index in [4.69, 9.17) is 20.8 Å². The van der Waals surface area contributed by atoms with Crippen LogP contribution in [0.25, 0.3) is 11.1 Å². The molecule has 0 bridgehead atoms. The van der Waals surface area contributed by atoms with Crippen molar-refractivity contribution in [3.8, 4) is 5.75 Å². The number of nitrogens with zero attached hydrogens (tertiary/aromatic N) is 1. The highest BCUT2D eigenvalue weighted by atomic mass is 79.9. The first kappa shape index (κ1) is 21.4. The van der Waals surface area contributed by atoms with Crippen LogP contribution in [0.15, 0.2) is 63.5 Å². The monoisotopic (exact) mass is 498 g/mol. The maximum absolute atomic E-state index is 12.4. The Morgan fingerprint density at radius 3 is 2.65 bits per heavy atom. The Hall–Kier alpha value is -2.83. The second-order valence-electron chi connectivity index (χ2n) is 7.32. The summed E-state index contributed by atoms with van der Waals surface area (Å²) in [5.74, 6) is 1.01. The molecule has 0 saturated heterocycles. The summed E-state index contributed by atoms with van der Waals surface area (Å²) in [7, 11) is 0. The first-order valence-electron chi connectivity index (χ1n) is 9.71. The standard InChI is InChI=1S/C24H20BrClN2O3/c1-14-9-15(2)24(19(25)10-14)30-13-22(29)27-18-7-8-21-20(12-18)28-23(31-21)11-16-3-5-17(26)6-4-16/h3-10,12H,11,13H2,1-2H3,(H,27,29). The van der Waals surface area contributed by atoms with Gasteiger partial charge in [-0.2, -0.15) is 0 Å². The van der Waals surface area contributed by atoms with E-state index in [1.54, 1.807) is 18.2 Å². The van der Waals surface area contributed by atoms with Crippen molar-refractivity contribution in [2.45, 2.75) is 20.3 Å². The summed E-state index contributed by atoms with van der Waals surface area (Å²) in [4.78, 5) is 16.9. The lowest BCUT2D eigenvalue weighted by atomic mass is 10.1. The summed E-state index contributed by atoms with van der Waals surface area (Å²) in [5.41, 5.74) is 5.12. The van der Waals surface area contributed by atoms with Crippen LogP contribution in [0.1, 0.15) is 22.6 Å². The zero-order valence-corrected chi connectivity index (χ0v) is 19.4. The number of aryl methyl sites for hydroxylation is 2. The number of ether oxygens (including phenoxy) is 1. The van der Waals surface area contributed by atoms with E-state index >= 15 is 0 Å². The van der Waals surface area contributed by atoms with E-state index in [-0.39, 0.29) is 12.5 Å². The fraction of sp³-hybridized carbons (Fsp3) is 0.167. The van der Waals surface area contributed by atoms with Gasteiger partial charge in [-0.15, -0.1) is 0 Å². The lowest BCUT2D eigenvalue weighted by Gasteiger charge is -2.12. The van der Waals surface area contributed by atoms with Crippen LogP contribution in [0.3, 0.4) is 0 Å². The van der Waals surface area contributed by atoms with Crippen LogP contribution in [-0.2, 0) is 11.2 Å². The number of anilines is 1. The Morgan fingerprint density at radius 2 is 1.90 bits per heavy atom. The Morgan fingerprint density at radius 1 is 1.13 bits per heavy atom. The number of fused-ring (bicyclic) bond motifs is 1. The van der Waals surface area contributed by atoms with Gasteiger partial charge in [-0.3, -0.25) is 4.79 Å². The summed E-state index contributed by atoms with van der Waals surface area (Å²) in [6.07, 6.45) is 0.562. The second-order valence-corrected chi connectivity index (χ2v) is 8.61. The lowest BCUT2D eigenvalue weighted by Crippen LogP contribution is -2.20. The number of benzene rings is 3. The van der Waals surface area contributed by atoms with Gasteiger partial charge in [0.05, 0.1) is 4.47 Å². The van der Waals surface area contributed by atoms with Crippen molar-refractivity contribution in [3.05, 3.63) is 86.7 Å². The molecule has 1 aromatic heterocycles. The average molecular weight is 500 g/mol. The summed E-state index contributed by atoms with van der Waals surface area (Å²) in [6, 6.07) is 16.9. The van der Waals surface area contributed by atoms with E-state index in [2.05, 4.69) is 26.2 Å². The van der Waals surface area contributed by atoms with Gasteiger partial charge >= 0.3 is 0 Å². The number of hydrogen-bond donors (Lipinski definition) is 1. The Kier molecular flexibility index (Phi) is 6.30. The summed E-state index contributed by atoms with van der Waals surface area (Å²) in [6.45, 7) is 3.86. The highest BCUT2D eigenvalue weighted by molar-refractivity contribution is 9.10. The van der Waals surface area contributed by atoms with Crippen molar-refractivity contribution in [2.75, 3.05) is 11.9 Å². The number of halogens is 2. The van der Waals surface area contributed by atoms with Crippen LogP contribution in [-0.4, -0.2) is 17.5 Å². The molecule has 7 heteroatoms. The van der Waals surface area contributed by atoms with Crippen LogP contribution in [0.2, 0.25) is 5.02 Å². The molecule has 0 unspecified atom stereocenters. The van der Waals surface area contributed by atoms with Gasteiger partial charge in [0.1, 0.15) is 11.3 Å². The van der Waals surface area contributed by atoms with Gasteiger partial charge in [-0.05, 0) is 82.9 Å². The number of rotatable bonds is 6. The van der Waals surface area contributed by atoms with Crippen molar-refractivity contribution < 1.29 is 13.9 Å². The topological polar surface area (TPSA) is 64.4 Å². The third-order valence-electron chi connectivity index (χ3n) is 4.71. The van der Waals surface area contributed by atoms with Gasteiger partial charge in [0, 0.05) is 17.1 Å². The molecule has 0 atom stereocenters. The van der Waals surface area contributed by atoms with Gasteiger partial charge in [-0.1, -0.05) is 29.8 Å². The molecule has 4 rings (SSSR count). The van der Waals surface area contributed by atoms with Gasteiger partial charge in [0.2, 0.25) is 0 Å². The largest absolute Gasteiger partial charge is 0.482 e. The van der Waals surface area contributed by atoms with Gasteiger partial charge in [-0.25, -0.2) is 4.98 Å². The molecule has 0 aliphatic heterocycles. The third kappa shape index (κ3) is 5.27. The minimum atomic E-state index is -0.254. The molecular formula is C24H20BrClN2O3. The quantitative estimate of drug-likeness (QED) is 0.330. The first-order valence-corrected chi connectivity index (χ1v) is 10.9. The summed E-state index contributed by atoms with van der Waals surface area (Å²) < 4.78 is 12.4. The minimum absolute atomic E-state index is 0.0961. The van der Waals surface area contributed by atoms with Crippen molar-refractivity contribution in [2.24, 2.45) is 0 Å².